The highest BCUT2D eigenvalue weighted by atomic mass is 15.2. The topological polar surface area (TPSA) is 15.3 Å². The van der Waals surface area contributed by atoms with Crippen molar-refractivity contribution in [1.82, 2.24) is 10.2 Å². The van der Waals surface area contributed by atoms with Gasteiger partial charge in [0.1, 0.15) is 0 Å². The van der Waals surface area contributed by atoms with Crippen LogP contribution in [0.15, 0.2) is 12.2 Å². The molecule has 0 aliphatic carbocycles. The lowest BCUT2D eigenvalue weighted by molar-refractivity contribution is 0.0984. The zero-order valence-corrected chi connectivity index (χ0v) is 11.5. The lowest BCUT2D eigenvalue weighted by Crippen LogP contribution is -2.58. The van der Waals surface area contributed by atoms with Crippen molar-refractivity contribution in [2.75, 3.05) is 19.6 Å². The van der Waals surface area contributed by atoms with Crippen LogP contribution in [0.2, 0.25) is 0 Å². The van der Waals surface area contributed by atoms with Crippen LogP contribution in [0.5, 0.6) is 0 Å². The van der Waals surface area contributed by atoms with Gasteiger partial charge in [-0.25, -0.2) is 0 Å². The molecule has 0 aromatic heterocycles. The maximum absolute atomic E-state index is 4.17. The Morgan fingerprint density at radius 3 is 2.31 bits per heavy atom. The number of nitrogens with zero attached hydrogens (tertiary/aromatic N) is 1. The van der Waals surface area contributed by atoms with Gasteiger partial charge in [0.2, 0.25) is 0 Å². The first kappa shape index (κ1) is 13.7. The van der Waals surface area contributed by atoms with Crippen LogP contribution < -0.4 is 5.32 Å². The van der Waals surface area contributed by atoms with E-state index >= 15 is 0 Å². The third kappa shape index (κ3) is 2.67. The molecule has 1 rings (SSSR count). The molecular formula is C14H28N2. The summed E-state index contributed by atoms with van der Waals surface area (Å²) in [6.45, 7) is 16.7. The first-order valence-electron chi connectivity index (χ1n) is 6.70. The summed E-state index contributed by atoms with van der Waals surface area (Å²) in [7, 11) is 0. The van der Waals surface area contributed by atoms with Crippen LogP contribution >= 0.6 is 0 Å². The molecule has 1 N–H and O–H groups in total. The average molecular weight is 224 g/mol. The molecule has 2 unspecified atom stereocenters. The van der Waals surface area contributed by atoms with Crippen LogP contribution in [0.3, 0.4) is 0 Å². The Hall–Kier alpha value is -0.340. The Labute approximate surface area is 101 Å². The fourth-order valence-corrected chi connectivity index (χ4v) is 2.97. The van der Waals surface area contributed by atoms with E-state index in [1.807, 2.05) is 0 Å². The summed E-state index contributed by atoms with van der Waals surface area (Å²) in [5.41, 5.74) is 1.50. The second kappa shape index (κ2) is 5.83. The Morgan fingerprint density at radius 2 is 1.94 bits per heavy atom. The fourth-order valence-electron chi connectivity index (χ4n) is 2.97. The summed E-state index contributed by atoms with van der Waals surface area (Å²) in [6.07, 6.45) is 3.88. The van der Waals surface area contributed by atoms with E-state index in [-0.39, 0.29) is 5.54 Å². The number of rotatable bonds is 6. The molecule has 0 aromatic rings. The molecule has 2 nitrogen and oxygen atoms in total. The normalized spacial score (nSPS) is 23.0. The van der Waals surface area contributed by atoms with Gasteiger partial charge in [-0.05, 0) is 52.7 Å². The predicted octanol–water partition coefficient (Wildman–Crippen LogP) is 2.81. The Kier molecular flexibility index (Phi) is 5.00. The molecule has 0 radical (unpaired) electrons. The van der Waals surface area contributed by atoms with E-state index < -0.39 is 0 Å². The number of hydrogen-bond donors (Lipinski definition) is 1. The molecule has 0 bridgehead atoms. The molecule has 1 fully saturated rings. The van der Waals surface area contributed by atoms with Crippen LogP contribution in [-0.2, 0) is 0 Å². The van der Waals surface area contributed by atoms with E-state index in [0.29, 0.717) is 6.04 Å². The van der Waals surface area contributed by atoms with Crippen LogP contribution in [0.25, 0.3) is 0 Å². The lowest BCUT2D eigenvalue weighted by Gasteiger charge is -2.45. The molecule has 1 saturated heterocycles. The maximum atomic E-state index is 4.17. The quantitative estimate of drug-likeness (QED) is 0.698. The first-order valence-corrected chi connectivity index (χ1v) is 6.70. The minimum Gasteiger partial charge on any atom is -0.309 e. The summed E-state index contributed by atoms with van der Waals surface area (Å²) in [5, 5.41) is 3.61. The smallest absolute Gasteiger partial charge is 0.0458 e. The highest BCUT2D eigenvalue weighted by molar-refractivity contribution is 5.13. The molecular weight excluding hydrogens is 196 g/mol. The standard InChI is InChI=1S/C14H28N2/c1-6-14(5,16-10-8-9-11-16)13(12(3)4)15-7-2/h13,15H,3,6-11H2,1-2,4-5H3. The third-order valence-corrected chi connectivity index (χ3v) is 4.07. The van der Waals surface area contributed by atoms with Crippen molar-refractivity contribution in [1.29, 1.82) is 0 Å². The Bertz CT molecular complexity index is 231. The van der Waals surface area contributed by atoms with E-state index in [0.717, 1.165) is 6.54 Å². The van der Waals surface area contributed by atoms with Gasteiger partial charge in [0, 0.05) is 11.6 Å². The summed E-state index contributed by atoms with van der Waals surface area (Å²) in [6, 6.07) is 0.417. The molecule has 94 valence electrons. The second-order valence-electron chi connectivity index (χ2n) is 5.24. The summed E-state index contributed by atoms with van der Waals surface area (Å²) >= 11 is 0. The molecule has 1 heterocycles. The van der Waals surface area contributed by atoms with E-state index in [9.17, 15) is 0 Å². The van der Waals surface area contributed by atoms with Gasteiger partial charge in [0.05, 0.1) is 0 Å². The van der Waals surface area contributed by atoms with Gasteiger partial charge in [0.25, 0.3) is 0 Å². The number of likely N-dealkylation sites (N-methyl/N-ethyl adjacent to an activating group) is 1. The van der Waals surface area contributed by atoms with Crippen molar-refractivity contribution in [3.63, 3.8) is 0 Å². The zero-order chi connectivity index (χ0) is 12.2. The number of nitrogens with one attached hydrogen (secondary N) is 1. The van der Waals surface area contributed by atoms with E-state index in [2.05, 4.69) is 44.5 Å². The monoisotopic (exact) mass is 224 g/mol. The van der Waals surface area contributed by atoms with Crippen molar-refractivity contribution in [2.45, 2.75) is 58.5 Å². The third-order valence-electron chi connectivity index (χ3n) is 4.07. The zero-order valence-electron chi connectivity index (χ0n) is 11.5. The van der Waals surface area contributed by atoms with Gasteiger partial charge in [-0.1, -0.05) is 26.0 Å². The summed E-state index contributed by atoms with van der Waals surface area (Å²) in [5.74, 6) is 0. The Balaban J connectivity index is 2.85. The highest BCUT2D eigenvalue weighted by Gasteiger charge is 2.39. The van der Waals surface area contributed by atoms with Gasteiger partial charge >= 0.3 is 0 Å². The van der Waals surface area contributed by atoms with E-state index in [1.165, 1.54) is 37.9 Å². The predicted molar refractivity (Wildman–Crippen MR) is 71.8 cm³/mol. The van der Waals surface area contributed by atoms with Gasteiger partial charge in [-0.3, -0.25) is 4.90 Å². The largest absolute Gasteiger partial charge is 0.309 e. The molecule has 2 atom stereocenters. The fraction of sp³-hybridized carbons (Fsp3) is 0.857. The summed E-state index contributed by atoms with van der Waals surface area (Å²) < 4.78 is 0. The van der Waals surface area contributed by atoms with E-state index in [4.69, 9.17) is 0 Å². The summed E-state index contributed by atoms with van der Waals surface area (Å²) in [4.78, 5) is 2.65. The van der Waals surface area contributed by atoms with Crippen molar-refractivity contribution in [2.24, 2.45) is 0 Å². The average Bonchev–Trinajstić information content (AvgIpc) is 2.78. The Morgan fingerprint density at radius 1 is 1.38 bits per heavy atom. The SMILES string of the molecule is C=C(C)C(NCC)C(C)(CC)N1CCCC1. The molecule has 1 aliphatic heterocycles. The van der Waals surface area contributed by atoms with Crippen molar-refractivity contribution < 1.29 is 0 Å². The lowest BCUT2D eigenvalue weighted by atomic mass is 9.83. The molecule has 1 aliphatic rings. The maximum Gasteiger partial charge on any atom is 0.0458 e. The van der Waals surface area contributed by atoms with Crippen molar-refractivity contribution in [3.8, 4) is 0 Å². The second-order valence-corrected chi connectivity index (χ2v) is 5.24. The number of likely N-dealkylation sites (tertiary alicyclic amines) is 1. The van der Waals surface area contributed by atoms with Gasteiger partial charge in [-0.2, -0.15) is 0 Å². The molecule has 2 heteroatoms. The minimum atomic E-state index is 0.234. The van der Waals surface area contributed by atoms with E-state index in [1.54, 1.807) is 0 Å². The van der Waals surface area contributed by atoms with Gasteiger partial charge < -0.3 is 5.32 Å². The molecule has 0 aromatic carbocycles. The van der Waals surface area contributed by atoms with Crippen LogP contribution in [0.1, 0.15) is 47.0 Å². The van der Waals surface area contributed by atoms with Crippen LogP contribution in [0, 0.1) is 0 Å². The molecule has 0 amide bonds. The highest BCUT2D eigenvalue weighted by Crippen LogP contribution is 2.30. The van der Waals surface area contributed by atoms with Crippen LogP contribution in [-0.4, -0.2) is 36.1 Å². The molecule has 16 heavy (non-hydrogen) atoms. The number of hydrogen-bond acceptors (Lipinski definition) is 2. The minimum absolute atomic E-state index is 0.234. The molecule has 0 saturated carbocycles. The van der Waals surface area contributed by atoms with Crippen LogP contribution in [0.4, 0.5) is 0 Å². The van der Waals surface area contributed by atoms with Crippen molar-refractivity contribution in [3.05, 3.63) is 12.2 Å². The van der Waals surface area contributed by atoms with Crippen molar-refractivity contribution >= 4 is 0 Å². The first-order chi connectivity index (χ1) is 7.56. The molecule has 0 spiro atoms. The van der Waals surface area contributed by atoms with Gasteiger partial charge in [0.15, 0.2) is 0 Å². The van der Waals surface area contributed by atoms with Gasteiger partial charge in [-0.15, -0.1) is 0 Å².